The Morgan fingerprint density at radius 3 is 2.85 bits per heavy atom. The van der Waals surface area contributed by atoms with Gasteiger partial charge in [-0.05, 0) is 36.8 Å². The van der Waals surface area contributed by atoms with Gasteiger partial charge in [-0.2, -0.15) is 5.10 Å². The lowest BCUT2D eigenvalue weighted by atomic mass is 10.2. The van der Waals surface area contributed by atoms with E-state index in [0.29, 0.717) is 12.6 Å². The molecule has 1 unspecified atom stereocenters. The molecule has 1 aromatic carbocycles. The second-order valence-electron chi connectivity index (χ2n) is 4.67. The fraction of sp³-hybridized carbons (Fsp3) is 0.286. The zero-order chi connectivity index (χ0) is 13.9. The van der Waals surface area contributed by atoms with Crippen molar-refractivity contribution >= 4 is 12.2 Å². The molecule has 0 radical (unpaired) electrons. The van der Waals surface area contributed by atoms with Crippen LogP contribution in [0.15, 0.2) is 35.6 Å². The van der Waals surface area contributed by atoms with Gasteiger partial charge >= 0.3 is 0 Å². The molecule has 0 amide bonds. The highest BCUT2D eigenvalue weighted by atomic mass is 16.6. The topological polar surface area (TPSA) is 78.0 Å². The zero-order valence-corrected chi connectivity index (χ0v) is 11.2. The van der Waals surface area contributed by atoms with Crippen LogP contribution >= 0.6 is 0 Å². The molecule has 1 saturated heterocycles. The summed E-state index contributed by atoms with van der Waals surface area (Å²) in [5, 5.41) is 4.25. The van der Waals surface area contributed by atoms with Gasteiger partial charge in [-0.3, -0.25) is 0 Å². The number of nitrogens with two attached hydrogens (primary N) is 1. The number of hydrogen-bond acceptors (Lipinski definition) is 5. The van der Waals surface area contributed by atoms with Gasteiger partial charge < -0.3 is 15.2 Å². The number of nitrogens with zero attached hydrogens (tertiary/aromatic N) is 3. The minimum absolute atomic E-state index is 0.267. The second kappa shape index (κ2) is 5.34. The quantitative estimate of drug-likeness (QED) is 0.660. The Morgan fingerprint density at radius 1 is 1.50 bits per heavy atom. The maximum atomic E-state index is 5.71. The molecule has 6 nitrogen and oxygen atoms in total. The molecule has 20 heavy (non-hydrogen) atoms. The summed E-state index contributed by atoms with van der Waals surface area (Å²) in [6, 6.07) is 7.69. The first-order chi connectivity index (χ1) is 9.70. The van der Waals surface area contributed by atoms with E-state index in [-0.39, 0.29) is 6.10 Å². The third kappa shape index (κ3) is 3.16. The minimum atomic E-state index is 0.267. The standard InChI is InChI=1S/C14H16N4O2/c1-10-7-18(14(15)17-10)16-6-11-2-4-12(5-3-11)19-8-13-9-20-13/h2-7,13H,8-9H2,1H3,(H2,15,17). The van der Waals surface area contributed by atoms with Crippen molar-refractivity contribution in [2.45, 2.75) is 13.0 Å². The van der Waals surface area contributed by atoms with Crippen LogP contribution in [-0.2, 0) is 4.74 Å². The Kier molecular flexibility index (Phi) is 3.39. The van der Waals surface area contributed by atoms with Crippen molar-refractivity contribution < 1.29 is 9.47 Å². The summed E-state index contributed by atoms with van der Waals surface area (Å²) < 4.78 is 12.2. The molecule has 2 N–H and O–H groups in total. The van der Waals surface area contributed by atoms with Crippen molar-refractivity contribution in [1.29, 1.82) is 0 Å². The Balaban J connectivity index is 1.63. The Bertz CT molecular complexity index is 615. The zero-order valence-electron chi connectivity index (χ0n) is 11.2. The molecule has 0 spiro atoms. The normalized spacial score (nSPS) is 17.6. The van der Waals surface area contributed by atoms with E-state index in [0.717, 1.165) is 23.6 Å². The largest absolute Gasteiger partial charge is 0.491 e. The molecule has 1 atom stereocenters. The van der Waals surface area contributed by atoms with Crippen LogP contribution in [0.5, 0.6) is 5.75 Å². The molecule has 0 aliphatic carbocycles. The molecule has 104 valence electrons. The molecular weight excluding hydrogens is 256 g/mol. The molecule has 0 saturated carbocycles. The van der Waals surface area contributed by atoms with Gasteiger partial charge in [0.05, 0.1) is 24.7 Å². The van der Waals surface area contributed by atoms with E-state index >= 15 is 0 Å². The molecule has 1 aromatic heterocycles. The second-order valence-corrected chi connectivity index (χ2v) is 4.67. The molecule has 0 bridgehead atoms. The van der Waals surface area contributed by atoms with E-state index < -0.39 is 0 Å². The van der Waals surface area contributed by atoms with E-state index in [9.17, 15) is 0 Å². The van der Waals surface area contributed by atoms with Crippen molar-refractivity contribution in [1.82, 2.24) is 9.66 Å². The van der Waals surface area contributed by atoms with Crippen LogP contribution in [0.3, 0.4) is 0 Å². The lowest BCUT2D eigenvalue weighted by Gasteiger charge is -2.03. The number of imidazole rings is 1. The SMILES string of the molecule is Cc1cn(N=Cc2ccc(OCC3CO3)cc2)c(N)n1. The van der Waals surface area contributed by atoms with E-state index in [1.165, 1.54) is 0 Å². The molecule has 2 heterocycles. The highest BCUT2D eigenvalue weighted by Crippen LogP contribution is 2.15. The number of anilines is 1. The minimum Gasteiger partial charge on any atom is -0.491 e. The summed E-state index contributed by atoms with van der Waals surface area (Å²) in [6.45, 7) is 3.28. The number of aryl methyl sites for hydroxylation is 1. The van der Waals surface area contributed by atoms with Crippen LogP contribution in [0.25, 0.3) is 0 Å². The number of nitrogen functional groups attached to an aromatic ring is 1. The summed E-state index contributed by atoms with van der Waals surface area (Å²) in [4.78, 5) is 4.08. The number of aromatic nitrogens is 2. The number of ether oxygens (including phenoxy) is 2. The molecule has 1 aliphatic heterocycles. The first kappa shape index (κ1) is 12.7. The smallest absolute Gasteiger partial charge is 0.221 e. The van der Waals surface area contributed by atoms with Crippen LogP contribution in [0.2, 0.25) is 0 Å². The van der Waals surface area contributed by atoms with Gasteiger partial charge in [0.2, 0.25) is 5.95 Å². The lowest BCUT2D eigenvalue weighted by Crippen LogP contribution is -2.03. The first-order valence-corrected chi connectivity index (χ1v) is 6.41. The molecule has 1 fully saturated rings. The van der Waals surface area contributed by atoms with Crippen LogP contribution in [0.1, 0.15) is 11.3 Å². The van der Waals surface area contributed by atoms with Crippen molar-refractivity contribution in [3.05, 3.63) is 41.7 Å². The average molecular weight is 272 g/mol. The summed E-state index contributed by atoms with van der Waals surface area (Å²) in [5.74, 6) is 1.21. The van der Waals surface area contributed by atoms with Crippen LogP contribution in [0, 0.1) is 6.92 Å². The van der Waals surface area contributed by atoms with E-state index in [4.69, 9.17) is 15.2 Å². The predicted molar refractivity (Wildman–Crippen MR) is 76.0 cm³/mol. The van der Waals surface area contributed by atoms with Crippen LogP contribution in [-0.4, -0.2) is 35.2 Å². The number of benzene rings is 1. The van der Waals surface area contributed by atoms with Crippen molar-refractivity contribution in [2.24, 2.45) is 5.10 Å². The monoisotopic (exact) mass is 272 g/mol. The molecule has 2 aromatic rings. The van der Waals surface area contributed by atoms with E-state index in [1.807, 2.05) is 31.2 Å². The maximum Gasteiger partial charge on any atom is 0.221 e. The van der Waals surface area contributed by atoms with Gasteiger partial charge in [-0.25, -0.2) is 9.66 Å². The number of rotatable bonds is 5. The van der Waals surface area contributed by atoms with E-state index in [2.05, 4.69) is 10.1 Å². The Hall–Kier alpha value is -2.34. The van der Waals surface area contributed by atoms with Crippen molar-refractivity contribution in [2.75, 3.05) is 18.9 Å². The van der Waals surface area contributed by atoms with Gasteiger partial charge in [0, 0.05) is 0 Å². The number of epoxide rings is 1. The van der Waals surface area contributed by atoms with Crippen molar-refractivity contribution in [3.63, 3.8) is 0 Å². The van der Waals surface area contributed by atoms with Gasteiger partial charge in [0.15, 0.2) is 0 Å². The third-order valence-corrected chi connectivity index (χ3v) is 2.88. The molecular formula is C14H16N4O2. The molecule has 6 heteroatoms. The molecule has 1 aliphatic rings. The van der Waals surface area contributed by atoms with Gasteiger partial charge in [0.1, 0.15) is 18.5 Å². The highest BCUT2D eigenvalue weighted by molar-refractivity contribution is 5.79. The predicted octanol–water partition coefficient (Wildman–Crippen LogP) is 1.43. The average Bonchev–Trinajstić information content (AvgIpc) is 3.21. The third-order valence-electron chi connectivity index (χ3n) is 2.88. The Labute approximate surface area is 116 Å². The maximum absolute atomic E-state index is 5.71. The van der Waals surface area contributed by atoms with Gasteiger partial charge in [0.25, 0.3) is 0 Å². The summed E-state index contributed by atoms with van der Waals surface area (Å²) >= 11 is 0. The highest BCUT2D eigenvalue weighted by Gasteiger charge is 2.22. The number of hydrogen-bond donors (Lipinski definition) is 1. The van der Waals surface area contributed by atoms with Crippen LogP contribution in [0.4, 0.5) is 5.95 Å². The summed E-state index contributed by atoms with van der Waals surface area (Å²) in [5.41, 5.74) is 7.51. The van der Waals surface area contributed by atoms with Gasteiger partial charge in [-0.15, -0.1) is 0 Å². The lowest BCUT2D eigenvalue weighted by molar-refractivity contribution is 0.263. The van der Waals surface area contributed by atoms with Gasteiger partial charge in [-0.1, -0.05) is 0 Å². The first-order valence-electron chi connectivity index (χ1n) is 6.41. The summed E-state index contributed by atoms with van der Waals surface area (Å²) in [6.07, 6.45) is 3.77. The summed E-state index contributed by atoms with van der Waals surface area (Å²) in [7, 11) is 0. The van der Waals surface area contributed by atoms with Crippen molar-refractivity contribution in [3.8, 4) is 5.75 Å². The fourth-order valence-corrected chi connectivity index (χ4v) is 1.73. The van der Waals surface area contributed by atoms with Crippen LogP contribution < -0.4 is 10.5 Å². The molecule has 3 rings (SSSR count). The fourth-order valence-electron chi connectivity index (χ4n) is 1.73. The van der Waals surface area contributed by atoms with E-state index in [1.54, 1.807) is 17.1 Å². The Morgan fingerprint density at radius 2 is 2.25 bits per heavy atom.